The van der Waals surface area contributed by atoms with Gasteiger partial charge < -0.3 is 4.74 Å². The molecule has 0 amide bonds. The van der Waals surface area contributed by atoms with Crippen LogP contribution in [-0.4, -0.2) is 18.2 Å². The zero-order valence-electron chi connectivity index (χ0n) is 5.53. The lowest BCUT2D eigenvalue weighted by molar-refractivity contribution is 0.325. The Morgan fingerprint density at radius 3 is 2.67 bits per heavy atom. The minimum atomic E-state index is -0.0474. The molecule has 1 atom stereocenters. The second kappa shape index (κ2) is 1.90. The third-order valence-electron chi connectivity index (χ3n) is 1.47. The quantitative estimate of drug-likeness (QED) is 0.240. The lowest BCUT2D eigenvalue weighted by Gasteiger charge is -1.88. The summed E-state index contributed by atoms with van der Waals surface area (Å²) in [6.45, 7) is 4.42. The number of hydrogen-bond donors (Lipinski definition) is 0. The van der Waals surface area contributed by atoms with E-state index in [-0.39, 0.29) is 11.7 Å². The third kappa shape index (κ3) is 1.34. The second-order valence-corrected chi connectivity index (χ2v) is 2.62. The highest BCUT2D eigenvalue weighted by atomic mass is 16.6. The third-order valence-corrected chi connectivity index (χ3v) is 1.47. The average molecular weight is 127 g/mol. The summed E-state index contributed by atoms with van der Waals surface area (Å²) >= 11 is 0. The van der Waals surface area contributed by atoms with Crippen LogP contribution in [0.4, 0.5) is 0 Å². The molecule has 0 N–H and O–H groups in total. The van der Waals surface area contributed by atoms with Crippen LogP contribution in [0.1, 0.15) is 13.8 Å². The van der Waals surface area contributed by atoms with E-state index in [0.29, 0.717) is 6.54 Å². The molecule has 0 aromatic heterocycles. The molecule has 0 aliphatic carbocycles. The first-order valence-electron chi connectivity index (χ1n) is 2.85. The van der Waals surface area contributed by atoms with Gasteiger partial charge in [-0.2, -0.15) is 0 Å². The van der Waals surface area contributed by atoms with Gasteiger partial charge in [-0.15, -0.1) is 0 Å². The van der Waals surface area contributed by atoms with Gasteiger partial charge in [0, 0.05) is 4.91 Å². The first-order valence-corrected chi connectivity index (χ1v) is 2.85. The van der Waals surface area contributed by atoms with Crippen molar-refractivity contribution in [1.82, 2.24) is 0 Å². The maximum atomic E-state index is 7.92. The van der Waals surface area contributed by atoms with E-state index >= 15 is 0 Å². The molecule has 0 spiro atoms. The molecule has 0 bridgehead atoms. The SMILES string of the molecule is CC1(C)OC1CN=[N+]=[N-]. The van der Waals surface area contributed by atoms with Gasteiger partial charge in [0.25, 0.3) is 0 Å². The first kappa shape index (κ1) is 6.39. The Bertz CT molecular complexity index is 160. The molecule has 4 heteroatoms. The second-order valence-electron chi connectivity index (χ2n) is 2.62. The number of nitrogens with zero attached hydrogens (tertiary/aromatic N) is 3. The van der Waals surface area contributed by atoms with Gasteiger partial charge in [-0.1, -0.05) is 5.11 Å². The van der Waals surface area contributed by atoms with Crippen LogP contribution in [0, 0.1) is 0 Å². The molecule has 0 aromatic rings. The van der Waals surface area contributed by atoms with Crippen molar-refractivity contribution in [2.45, 2.75) is 25.6 Å². The van der Waals surface area contributed by atoms with E-state index in [9.17, 15) is 0 Å². The number of rotatable bonds is 2. The van der Waals surface area contributed by atoms with Crippen LogP contribution < -0.4 is 0 Å². The summed E-state index contributed by atoms with van der Waals surface area (Å²) in [5, 5.41) is 3.38. The van der Waals surface area contributed by atoms with E-state index in [1.807, 2.05) is 13.8 Å². The number of epoxide rings is 1. The molecule has 1 unspecified atom stereocenters. The molecule has 1 saturated heterocycles. The van der Waals surface area contributed by atoms with Gasteiger partial charge >= 0.3 is 0 Å². The van der Waals surface area contributed by atoms with Gasteiger partial charge in [-0.05, 0) is 19.4 Å². The summed E-state index contributed by atoms with van der Waals surface area (Å²) in [6, 6.07) is 0. The van der Waals surface area contributed by atoms with E-state index in [1.54, 1.807) is 0 Å². The van der Waals surface area contributed by atoms with Crippen LogP contribution in [0.25, 0.3) is 10.4 Å². The first-order chi connectivity index (χ1) is 4.17. The predicted octanol–water partition coefficient (Wildman–Crippen LogP) is 1.47. The Labute approximate surface area is 53.4 Å². The molecule has 1 rings (SSSR count). The van der Waals surface area contributed by atoms with E-state index < -0.39 is 0 Å². The predicted molar refractivity (Wildman–Crippen MR) is 33.0 cm³/mol. The standard InChI is InChI=1S/C5H9N3O/c1-5(2)4(9-5)3-7-8-6/h4H,3H2,1-2H3. The fraction of sp³-hybridized carbons (Fsp3) is 1.00. The lowest BCUT2D eigenvalue weighted by atomic mass is 10.1. The maximum Gasteiger partial charge on any atom is 0.0924 e. The minimum absolute atomic E-state index is 0.0474. The molecule has 1 heterocycles. The van der Waals surface area contributed by atoms with Crippen LogP contribution in [0.3, 0.4) is 0 Å². The van der Waals surface area contributed by atoms with Gasteiger partial charge in [0.2, 0.25) is 0 Å². The van der Waals surface area contributed by atoms with Crippen molar-refractivity contribution in [3.05, 3.63) is 10.4 Å². The smallest absolute Gasteiger partial charge is 0.0924 e. The van der Waals surface area contributed by atoms with Crippen molar-refractivity contribution >= 4 is 0 Å². The van der Waals surface area contributed by atoms with Crippen molar-refractivity contribution in [3.8, 4) is 0 Å². The Kier molecular flexibility index (Phi) is 1.35. The summed E-state index contributed by atoms with van der Waals surface area (Å²) in [5.41, 5.74) is 7.87. The minimum Gasteiger partial charge on any atom is -0.367 e. The van der Waals surface area contributed by atoms with E-state index in [2.05, 4.69) is 10.0 Å². The van der Waals surface area contributed by atoms with Crippen molar-refractivity contribution in [1.29, 1.82) is 0 Å². The van der Waals surface area contributed by atoms with E-state index in [1.165, 1.54) is 0 Å². The van der Waals surface area contributed by atoms with Gasteiger partial charge in [-0.3, -0.25) is 0 Å². The van der Waals surface area contributed by atoms with Gasteiger partial charge in [0.1, 0.15) is 0 Å². The zero-order valence-corrected chi connectivity index (χ0v) is 5.53. The molecular formula is C5H9N3O. The number of hydrogen-bond acceptors (Lipinski definition) is 2. The molecule has 1 aliphatic rings. The maximum absolute atomic E-state index is 7.92. The molecule has 4 nitrogen and oxygen atoms in total. The monoisotopic (exact) mass is 127 g/mol. The molecule has 0 aromatic carbocycles. The van der Waals surface area contributed by atoms with Crippen LogP contribution in [0.15, 0.2) is 5.11 Å². The van der Waals surface area contributed by atoms with Crippen LogP contribution in [-0.2, 0) is 4.74 Å². The highest BCUT2D eigenvalue weighted by molar-refractivity contribution is 4.95. The van der Waals surface area contributed by atoms with Gasteiger partial charge in [0.15, 0.2) is 0 Å². The largest absolute Gasteiger partial charge is 0.367 e. The van der Waals surface area contributed by atoms with Crippen molar-refractivity contribution in [2.24, 2.45) is 5.11 Å². The lowest BCUT2D eigenvalue weighted by Crippen LogP contribution is -2.04. The highest BCUT2D eigenvalue weighted by Gasteiger charge is 2.46. The van der Waals surface area contributed by atoms with Gasteiger partial charge in [-0.25, -0.2) is 0 Å². The Morgan fingerprint density at radius 1 is 1.78 bits per heavy atom. The van der Waals surface area contributed by atoms with Crippen LogP contribution in [0.2, 0.25) is 0 Å². The molecule has 9 heavy (non-hydrogen) atoms. The molecule has 50 valence electrons. The van der Waals surface area contributed by atoms with Gasteiger partial charge in [0.05, 0.1) is 18.2 Å². The summed E-state index contributed by atoms with van der Waals surface area (Å²) in [7, 11) is 0. The normalized spacial score (nSPS) is 28.9. The van der Waals surface area contributed by atoms with Crippen molar-refractivity contribution < 1.29 is 4.74 Å². The summed E-state index contributed by atoms with van der Waals surface area (Å²) in [6.07, 6.45) is 0.147. The number of azide groups is 1. The summed E-state index contributed by atoms with van der Waals surface area (Å²) in [5.74, 6) is 0. The summed E-state index contributed by atoms with van der Waals surface area (Å²) in [4.78, 5) is 2.63. The molecule has 1 fully saturated rings. The Hall–Kier alpha value is -0.730. The van der Waals surface area contributed by atoms with Crippen molar-refractivity contribution in [2.75, 3.05) is 6.54 Å². The topological polar surface area (TPSA) is 61.3 Å². The van der Waals surface area contributed by atoms with E-state index in [4.69, 9.17) is 10.3 Å². The van der Waals surface area contributed by atoms with E-state index in [0.717, 1.165) is 0 Å². The average Bonchev–Trinajstić information content (AvgIpc) is 2.35. The molecule has 0 radical (unpaired) electrons. The summed E-state index contributed by atoms with van der Waals surface area (Å²) < 4.78 is 5.14. The number of ether oxygens (including phenoxy) is 1. The van der Waals surface area contributed by atoms with Crippen LogP contribution in [0.5, 0.6) is 0 Å². The fourth-order valence-electron chi connectivity index (χ4n) is 0.700. The molecule has 1 aliphatic heterocycles. The Balaban J connectivity index is 2.27. The van der Waals surface area contributed by atoms with Crippen molar-refractivity contribution in [3.63, 3.8) is 0 Å². The highest BCUT2D eigenvalue weighted by Crippen LogP contribution is 2.35. The zero-order chi connectivity index (χ0) is 6.91. The molecule has 0 saturated carbocycles. The van der Waals surface area contributed by atoms with Crippen LogP contribution >= 0.6 is 0 Å². The fourth-order valence-corrected chi connectivity index (χ4v) is 0.700. The Morgan fingerprint density at radius 2 is 2.33 bits per heavy atom. The molecular weight excluding hydrogens is 118 g/mol.